The predicted octanol–water partition coefficient (Wildman–Crippen LogP) is 3.92. The Kier molecular flexibility index (Phi) is 6.70. The number of hydrogen-bond acceptors (Lipinski definition) is 8. The van der Waals surface area contributed by atoms with Crippen LogP contribution in [0.15, 0.2) is 0 Å². The minimum Gasteiger partial charge on any atom is -0.461 e. The Labute approximate surface area is 186 Å². The van der Waals surface area contributed by atoms with Crippen molar-refractivity contribution in [1.29, 1.82) is 0 Å². The van der Waals surface area contributed by atoms with E-state index in [1.807, 2.05) is 55.4 Å². The maximum absolute atomic E-state index is 13.0. The van der Waals surface area contributed by atoms with Gasteiger partial charge in [-0.15, -0.1) is 0 Å². The molecule has 0 saturated carbocycles. The second kappa shape index (κ2) is 7.97. The lowest BCUT2D eigenvalue weighted by Crippen LogP contribution is -2.61. The third kappa shape index (κ3) is 5.24. The molecule has 31 heavy (non-hydrogen) atoms. The number of hydroxylamine groups is 4. The van der Waals surface area contributed by atoms with Crippen molar-refractivity contribution in [2.75, 3.05) is 0 Å². The average molecular weight is 443 g/mol. The summed E-state index contributed by atoms with van der Waals surface area (Å²) in [5, 5.41) is 23.5. The highest BCUT2D eigenvalue weighted by atomic mass is 16.6. The highest BCUT2D eigenvalue weighted by molar-refractivity contribution is 5.99. The van der Waals surface area contributed by atoms with Crippen molar-refractivity contribution < 1.29 is 29.5 Å². The second-order valence-corrected chi connectivity index (χ2v) is 12.4. The first-order valence-corrected chi connectivity index (χ1v) is 11.1. The van der Waals surface area contributed by atoms with E-state index < -0.39 is 51.7 Å². The number of piperidine rings is 2. The SMILES string of the molecule is CC(C)(C(=O)OC1CC(C)(C)N(O)C(C)(C)C1)C(=O)OC1CC(C)(C)N(O)C(C)(C)C1. The quantitative estimate of drug-likeness (QED) is 0.499. The Bertz CT molecular complexity index is 619. The molecule has 0 aromatic rings. The molecule has 2 heterocycles. The molecule has 0 unspecified atom stereocenters. The Morgan fingerprint density at radius 1 is 0.677 bits per heavy atom. The maximum atomic E-state index is 13.0. The normalized spacial score (nSPS) is 27.0. The van der Waals surface area contributed by atoms with Gasteiger partial charge in [-0.25, -0.2) is 0 Å². The number of ether oxygens (including phenoxy) is 2. The van der Waals surface area contributed by atoms with Gasteiger partial charge in [0.2, 0.25) is 0 Å². The summed E-state index contributed by atoms with van der Waals surface area (Å²) in [7, 11) is 0. The number of hydrogen-bond donors (Lipinski definition) is 2. The molecule has 2 aliphatic heterocycles. The van der Waals surface area contributed by atoms with Crippen LogP contribution in [-0.4, -0.2) is 66.8 Å². The standard InChI is InChI=1S/C23H42N2O6/c1-19(2)11-15(12-20(3,4)24(19)28)30-17(26)23(9,10)18(27)31-16-13-21(5,6)25(29)22(7,8)14-16/h15-16,28-29H,11-14H2,1-10H3. The number of carbonyl (C=O) groups is 2. The van der Waals surface area contributed by atoms with E-state index in [2.05, 4.69) is 0 Å². The minimum absolute atomic E-state index is 0.413. The summed E-state index contributed by atoms with van der Waals surface area (Å²) in [5.41, 5.74) is -3.71. The summed E-state index contributed by atoms with van der Waals surface area (Å²) in [6.07, 6.45) is 1.01. The number of nitrogens with zero attached hydrogens (tertiary/aromatic N) is 2. The molecule has 0 radical (unpaired) electrons. The topological polar surface area (TPSA) is 99.5 Å². The van der Waals surface area contributed by atoms with E-state index in [9.17, 15) is 20.0 Å². The summed E-state index contributed by atoms with van der Waals surface area (Å²) in [6.45, 7) is 18.2. The molecule has 0 bridgehead atoms. The second-order valence-electron chi connectivity index (χ2n) is 12.4. The fourth-order valence-corrected chi connectivity index (χ4v) is 5.20. The molecule has 180 valence electrons. The third-order valence-electron chi connectivity index (χ3n) is 6.77. The van der Waals surface area contributed by atoms with E-state index in [-0.39, 0.29) is 0 Å². The third-order valence-corrected chi connectivity index (χ3v) is 6.77. The molecule has 0 aromatic heterocycles. The van der Waals surface area contributed by atoms with Crippen molar-refractivity contribution >= 4 is 11.9 Å². The van der Waals surface area contributed by atoms with E-state index in [1.54, 1.807) is 0 Å². The van der Waals surface area contributed by atoms with Crippen LogP contribution in [0.2, 0.25) is 0 Å². The van der Waals surface area contributed by atoms with Crippen molar-refractivity contribution in [1.82, 2.24) is 10.1 Å². The fraction of sp³-hybridized carbons (Fsp3) is 0.913. The van der Waals surface area contributed by atoms with E-state index in [1.165, 1.54) is 24.0 Å². The molecule has 0 atom stereocenters. The average Bonchev–Trinajstić information content (AvgIpc) is 2.56. The molecule has 0 aromatic carbocycles. The van der Waals surface area contributed by atoms with Crippen LogP contribution < -0.4 is 0 Å². The lowest BCUT2D eigenvalue weighted by atomic mass is 9.80. The largest absolute Gasteiger partial charge is 0.461 e. The van der Waals surface area contributed by atoms with Crippen LogP contribution in [-0.2, 0) is 19.1 Å². The molecular weight excluding hydrogens is 400 g/mol. The van der Waals surface area contributed by atoms with Crippen LogP contribution in [0.1, 0.15) is 94.9 Å². The zero-order chi connectivity index (χ0) is 24.2. The Morgan fingerprint density at radius 2 is 0.903 bits per heavy atom. The van der Waals surface area contributed by atoms with E-state index in [0.717, 1.165) is 0 Å². The van der Waals surface area contributed by atoms with Crippen molar-refractivity contribution in [3.8, 4) is 0 Å². The molecule has 8 heteroatoms. The first-order valence-electron chi connectivity index (χ1n) is 11.1. The van der Waals surface area contributed by atoms with Crippen LogP contribution in [0.4, 0.5) is 0 Å². The summed E-state index contributed by atoms with van der Waals surface area (Å²) < 4.78 is 11.5. The van der Waals surface area contributed by atoms with Crippen LogP contribution >= 0.6 is 0 Å². The summed E-state index contributed by atoms with van der Waals surface area (Å²) in [4.78, 5) is 26.0. The van der Waals surface area contributed by atoms with Crippen molar-refractivity contribution in [2.24, 2.45) is 5.41 Å². The molecule has 0 aliphatic carbocycles. The van der Waals surface area contributed by atoms with Crippen LogP contribution in [0, 0.1) is 5.41 Å². The lowest BCUT2D eigenvalue weighted by Gasteiger charge is -2.51. The van der Waals surface area contributed by atoms with Gasteiger partial charge in [0.25, 0.3) is 0 Å². The summed E-state index contributed by atoms with van der Waals surface area (Å²) in [6, 6.07) is 0. The molecule has 2 saturated heterocycles. The summed E-state index contributed by atoms with van der Waals surface area (Å²) >= 11 is 0. The van der Waals surface area contributed by atoms with Crippen molar-refractivity contribution in [3.05, 3.63) is 0 Å². The predicted molar refractivity (Wildman–Crippen MR) is 116 cm³/mol. The molecular formula is C23H42N2O6. The van der Waals surface area contributed by atoms with Crippen LogP contribution in [0.5, 0.6) is 0 Å². The Balaban J connectivity index is 2.07. The van der Waals surface area contributed by atoms with Gasteiger partial charge in [0, 0.05) is 47.8 Å². The Hall–Kier alpha value is -1.22. The van der Waals surface area contributed by atoms with Crippen LogP contribution in [0.25, 0.3) is 0 Å². The summed E-state index contributed by atoms with van der Waals surface area (Å²) in [5.74, 6) is -1.25. The van der Waals surface area contributed by atoms with Gasteiger partial charge in [-0.1, -0.05) is 0 Å². The zero-order valence-electron chi connectivity index (χ0n) is 20.9. The van der Waals surface area contributed by atoms with Gasteiger partial charge in [-0.05, 0) is 69.2 Å². The van der Waals surface area contributed by atoms with Gasteiger partial charge < -0.3 is 19.9 Å². The van der Waals surface area contributed by atoms with Crippen LogP contribution in [0.3, 0.4) is 0 Å². The maximum Gasteiger partial charge on any atom is 0.323 e. The van der Waals surface area contributed by atoms with Gasteiger partial charge in [-0.3, -0.25) is 9.59 Å². The Morgan fingerprint density at radius 3 is 1.13 bits per heavy atom. The highest BCUT2D eigenvalue weighted by Gasteiger charge is 2.50. The first-order chi connectivity index (χ1) is 13.7. The molecule has 8 nitrogen and oxygen atoms in total. The monoisotopic (exact) mass is 442 g/mol. The molecule has 0 amide bonds. The highest BCUT2D eigenvalue weighted by Crippen LogP contribution is 2.40. The molecule has 2 fully saturated rings. The first kappa shape index (κ1) is 26.0. The fourth-order valence-electron chi connectivity index (χ4n) is 5.20. The minimum atomic E-state index is -1.46. The zero-order valence-corrected chi connectivity index (χ0v) is 20.9. The number of rotatable bonds is 4. The van der Waals surface area contributed by atoms with Gasteiger partial charge in [0.05, 0.1) is 0 Å². The van der Waals surface area contributed by atoms with E-state index in [0.29, 0.717) is 25.7 Å². The van der Waals surface area contributed by atoms with Gasteiger partial charge in [-0.2, -0.15) is 10.1 Å². The molecule has 2 aliphatic rings. The van der Waals surface area contributed by atoms with Gasteiger partial charge in [0.15, 0.2) is 5.41 Å². The van der Waals surface area contributed by atoms with Gasteiger partial charge in [0.1, 0.15) is 12.2 Å². The smallest absolute Gasteiger partial charge is 0.323 e. The molecule has 2 rings (SSSR count). The molecule has 2 N–H and O–H groups in total. The molecule has 0 spiro atoms. The lowest BCUT2D eigenvalue weighted by molar-refractivity contribution is -0.262. The van der Waals surface area contributed by atoms with Gasteiger partial charge >= 0.3 is 11.9 Å². The number of carbonyl (C=O) groups excluding carboxylic acids is 2. The number of esters is 2. The van der Waals surface area contributed by atoms with E-state index in [4.69, 9.17) is 9.47 Å². The van der Waals surface area contributed by atoms with Crippen molar-refractivity contribution in [3.63, 3.8) is 0 Å². The van der Waals surface area contributed by atoms with Crippen molar-refractivity contribution in [2.45, 2.75) is 129 Å². The van der Waals surface area contributed by atoms with E-state index >= 15 is 0 Å².